The topological polar surface area (TPSA) is 84.6 Å². The molecule has 1 saturated heterocycles. The third-order valence-electron chi connectivity index (χ3n) is 7.28. The van der Waals surface area contributed by atoms with E-state index in [2.05, 4.69) is 62.9 Å². The normalized spacial score (nSPS) is 15.2. The highest BCUT2D eigenvalue weighted by Gasteiger charge is 2.31. The Hall–Kier alpha value is -4.32. The molecule has 1 N–H and O–H groups in total. The van der Waals surface area contributed by atoms with E-state index < -0.39 is 6.36 Å². The van der Waals surface area contributed by atoms with Crippen molar-refractivity contribution in [2.75, 3.05) is 23.7 Å². The van der Waals surface area contributed by atoms with Gasteiger partial charge in [-0.2, -0.15) is 4.99 Å². The van der Waals surface area contributed by atoms with E-state index in [1.807, 2.05) is 36.4 Å². The number of aromatic nitrogens is 3. The molecule has 1 aliphatic rings. The van der Waals surface area contributed by atoms with Gasteiger partial charge in [0.25, 0.3) is 0 Å². The quantitative estimate of drug-likeness (QED) is 0.205. The number of amidine groups is 1. The van der Waals surface area contributed by atoms with Gasteiger partial charge in [0, 0.05) is 36.0 Å². The number of ether oxygens (including phenoxy) is 1. The van der Waals surface area contributed by atoms with Crippen molar-refractivity contribution in [3.8, 4) is 22.8 Å². The largest absolute Gasteiger partial charge is 0.573 e. The summed E-state index contributed by atoms with van der Waals surface area (Å²) in [5.41, 5.74) is 4.72. The van der Waals surface area contributed by atoms with Crippen LogP contribution in [0.4, 0.5) is 23.7 Å². The van der Waals surface area contributed by atoms with Gasteiger partial charge in [-0.15, -0.1) is 18.3 Å². The highest BCUT2D eigenvalue weighted by atomic mass is 32.2. The molecule has 12 heteroatoms. The van der Waals surface area contributed by atoms with Gasteiger partial charge in [0.05, 0.1) is 5.69 Å². The number of halogens is 3. The van der Waals surface area contributed by atoms with Crippen molar-refractivity contribution in [3.05, 3.63) is 90.3 Å². The molecule has 0 saturated carbocycles. The Morgan fingerprint density at radius 1 is 1.07 bits per heavy atom. The van der Waals surface area contributed by atoms with Crippen LogP contribution in [0.3, 0.4) is 0 Å². The second-order valence-corrected chi connectivity index (χ2v) is 11.6. The third kappa shape index (κ3) is 7.60. The zero-order chi connectivity index (χ0) is 31.3. The maximum absolute atomic E-state index is 12.9. The summed E-state index contributed by atoms with van der Waals surface area (Å²) in [6.07, 6.45) is -2.43. The summed E-state index contributed by atoms with van der Waals surface area (Å²) in [7, 11) is 0. The predicted octanol–water partition coefficient (Wildman–Crippen LogP) is 7.77. The molecule has 1 unspecified atom stereocenters. The van der Waals surface area contributed by atoms with Crippen LogP contribution >= 0.6 is 11.8 Å². The summed E-state index contributed by atoms with van der Waals surface area (Å²) in [5.74, 6) is 1.49. The standard InChI is InChI=1S/C32H33F3N6O2S/c1-4-22(19-36-30(42)38-31-40(17-18-44-31)28-8-6-5-7-27(28)21(2)3)23-9-11-24(12-10-23)29-37-20-41(39-29)25-13-15-26(16-14-25)43-32(33,34)35/h5-16,20-22H,4,17-19H2,1-3H3,(H,36,42). The minimum absolute atomic E-state index is 0.0881. The van der Waals surface area contributed by atoms with Crippen molar-refractivity contribution in [1.29, 1.82) is 0 Å². The number of nitrogens with zero attached hydrogens (tertiary/aromatic N) is 5. The maximum Gasteiger partial charge on any atom is 0.573 e. The average molecular weight is 623 g/mol. The fraction of sp³-hybridized carbons (Fsp3) is 0.312. The number of benzene rings is 3. The number of carbonyl (C=O) groups excluding carboxylic acids is 1. The molecule has 8 nitrogen and oxygen atoms in total. The number of amides is 2. The molecule has 1 aliphatic heterocycles. The molecule has 1 aromatic heterocycles. The summed E-state index contributed by atoms with van der Waals surface area (Å²) in [5, 5.41) is 8.17. The van der Waals surface area contributed by atoms with Gasteiger partial charge in [-0.3, -0.25) is 0 Å². The molecule has 0 radical (unpaired) electrons. The molecule has 1 atom stereocenters. The van der Waals surface area contributed by atoms with Gasteiger partial charge >= 0.3 is 12.4 Å². The van der Waals surface area contributed by atoms with Crippen LogP contribution in [0.25, 0.3) is 17.1 Å². The smallest absolute Gasteiger partial charge is 0.406 e. The molecule has 0 bridgehead atoms. The van der Waals surface area contributed by atoms with E-state index in [4.69, 9.17) is 0 Å². The van der Waals surface area contributed by atoms with Gasteiger partial charge in [-0.05, 0) is 53.8 Å². The Kier molecular flexibility index (Phi) is 9.58. The minimum atomic E-state index is -4.75. The van der Waals surface area contributed by atoms with Crippen molar-refractivity contribution in [2.45, 2.75) is 45.4 Å². The summed E-state index contributed by atoms with van der Waals surface area (Å²) in [6, 6.07) is 21.1. The van der Waals surface area contributed by atoms with Crippen LogP contribution < -0.4 is 15.0 Å². The number of nitrogens with one attached hydrogen (secondary N) is 1. The van der Waals surface area contributed by atoms with Crippen molar-refractivity contribution in [3.63, 3.8) is 0 Å². The molecule has 1 fully saturated rings. The lowest BCUT2D eigenvalue weighted by Gasteiger charge is -2.23. The van der Waals surface area contributed by atoms with Gasteiger partial charge in [0.2, 0.25) is 0 Å². The first kappa shape index (κ1) is 31.1. The Bertz CT molecular complexity index is 1600. The number of rotatable bonds is 9. The van der Waals surface area contributed by atoms with Crippen molar-refractivity contribution in [1.82, 2.24) is 20.1 Å². The summed E-state index contributed by atoms with van der Waals surface area (Å²) in [4.78, 5) is 23.8. The van der Waals surface area contributed by atoms with Gasteiger partial charge in [-0.1, -0.05) is 75.0 Å². The second kappa shape index (κ2) is 13.5. The number of hydrogen-bond donors (Lipinski definition) is 1. The van der Waals surface area contributed by atoms with E-state index in [-0.39, 0.29) is 17.7 Å². The fourth-order valence-corrected chi connectivity index (χ4v) is 5.95. The number of thioether (sulfide) groups is 1. The molecule has 230 valence electrons. The van der Waals surface area contributed by atoms with E-state index in [1.54, 1.807) is 11.8 Å². The third-order valence-corrected chi connectivity index (χ3v) is 8.24. The minimum Gasteiger partial charge on any atom is -0.406 e. The Morgan fingerprint density at radius 2 is 1.80 bits per heavy atom. The zero-order valence-corrected chi connectivity index (χ0v) is 25.4. The van der Waals surface area contributed by atoms with E-state index in [0.29, 0.717) is 29.1 Å². The number of para-hydroxylation sites is 1. The number of carbonyl (C=O) groups is 1. The number of hydrogen-bond acceptors (Lipinski definition) is 5. The van der Waals surface area contributed by atoms with Crippen molar-refractivity contribution >= 4 is 28.6 Å². The number of urea groups is 1. The molecule has 0 spiro atoms. The van der Waals surface area contributed by atoms with Crippen LogP contribution in [0.15, 0.2) is 84.1 Å². The average Bonchev–Trinajstić information content (AvgIpc) is 3.68. The van der Waals surface area contributed by atoms with Crippen molar-refractivity contribution < 1.29 is 22.7 Å². The molecular formula is C32H33F3N6O2S. The van der Waals surface area contributed by atoms with Crippen LogP contribution in [0.5, 0.6) is 5.75 Å². The molecule has 5 rings (SSSR count). The summed E-state index contributed by atoms with van der Waals surface area (Å²) < 4.78 is 42.7. The molecular weight excluding hydrogens is 589 g/mol. The van der Waals surface area contributed by atoms with Crippen LogP contribution in [-0.4, -0.2) is 51.2 Å². The lowest BCUT2D eigenvalue weighted by atomic mass is 9.95. The van der Waals surface area contributed by atoms with E-state index in [9.17, 15) is 18.0 Å². The lowest BCUT2D eigenvalue weighted by Crippen LogP contribution is -2.30. The molecule has 3 aromatic carbocycles. The van der Waals surface area contributed by atoms with Crippen LogP contribution in [-0.2, 0) is 0 Å². The van der Waals surface area contributed by atoms with Gasteiger partial charge in [0.1, 0.15) is 12.1 Å². The molecule has 4 aromatic rings. The first-order valence-electron chi connectivity index (χ1n) is 14.3. The lowest BCUT2D eigenvalue weighted by molar-refractivity contribution is -0.274. The van der Waals surface area contributed by atoms with Gasteiger partial charge in [0.15, 0.2) is 11.0 Å². The Labute approximate surface area is 258 Å². The number of anilines is 1. The van der Waals surface area contributed by atoms with Gasteiger partial charge < -0.3 is 15.0 Å². The van der Waals surface area contributed by atoms with Gasteiger partial charge in [-0.25, -0.2) is 14.5 Å². The van der Waals surface area contributed by atoms with Crippen LogP contribution in [0, 0.1) is 0 Å². The summed E-state index contributed by atoms with van der Waals surface area (Å²) in [6.45, 7) is 7.65. The molecule has 2 amide bonds. The zero-order valence-electron chi connectivity index (χ0n) is 24.6. The highest BCUT2D eigenvalue weighted by molar-refractivity contribution is 8.14. The van der Waals surface area contributed by atoms with E-state index in [0.717, 1.165) is 35.5 Å². The molecule has 44 heavy (non-hydrogen) atoms. The molecule has 2 heterocycles. The van der Waals surface area contributed by atoms with Crippen LogP contribution in [0.2, 0.25) is 0 Å². The SMILES string of the molecule is CCC(CNC(=O)N=C1SCCN1c1ccccc1C(C)C)c1ccc(-c2ncn(-c3ccc(OC(F)(F)F)cc3)n2)cc1. The maximum atomic E-state index is 12.9. The van der Waals surface area contributed by atoms with E-state index >= 15 is 0 Å². The van der Waals surface area contributed by atoms with Crippen molar-refractivity contribution in [2.24, 2.45) is 4.99 Å². The Balaban J connectivity index is 1.20. The predicted molar refractivity (Wildman–Crippen MR) is 168 cm³/mol. The number of alkyl halides is 3. The first-order valence-corrected chi connectivity index (χ1v) is 15.3. The highest BCUT2D eigenvalue weighted by Crippen LogP contribution is 2.32. The fourth-order valence-electron chi connectivity index (χ4n) is 5.00. The monoisotopic (exact) mass is 622 g/mol. The summed E-state index contributed by atoms with van der Waals surface area (Å²) >= 11 is 1.59. The first-order chi connectivity index (χ1) is 21.1. The molecule has 0 aliphatic carbocycles. The van der Waals surface area contributed by atoms with E-state index in [1.165, 1.54) is 40.8 Å². The second-order valence-electron chi connectivity index (χ2n) is 10.6. The van der Waals surface area contributed by atoms with Crippen LogP contribution in [0.1, 0.15) is 50.2 Å². The Morgan fingerprint density at radius 3 is 2.48 bits per heavy atom. The number of aliphatic imine (C=N–C) groups is 1.